The van der Waals surface area contributed by atoms with Crippen molar-refractivity contribution in [2.45, 2.75) is 19.9 Å². The smallest absolute Gasteiger partial charge is 0.118 e. The molecule has 1 atom stereocenters. The van der Waals surface area contributed by atoms with Crippen LogP contribution in [0.1, 0.15) is 22.0 Å². The third-order valence-corrected chi connectivity index (χ3v) is 3.69. The van der Waals surface area contributed by atoms with Gasteiger partial charge in [0, 0.05) is 11.4 Å². The molecule has 2 rings (SSSR count). The number of nitrogens with zero attached hydrogens (tertiary/aromatic N) is 1. The lowest BCUT2D eigenvalue weighted by Crippen LogP contribution is -2.31. The maximum absolute atomic E-state index is 6.13. The first-order valence-electron chi connectivity index (χ1n) is 4.78. The lowest BCUT2D eigenvalue weighted by Gasteiger charge is -2.12. The Morgan fingerprint density at radius 3 is 2.73 bits per heavy atom. The first-order chi connectivity index (χ1) is 6.70. The Morgan fingerprint density at radius 2 is 2.27 bits per heavy atom. The fourth-order valence-corrected chi connectivity index (χ4v) is 2.53. The van der Waals surface area contributed by atoms with Crippen LogP contribution in [0.15, 0.2) is 10.4 Å². The lowest BCUT2D eigenvalue weighted by atomic mass is 10.1. The van der Waals surface area contributed by atoms with Gasteiger partial charge in [0.1, 0.15) is 5.84 Å². The van der Waals surface area contributed by atoms with Gasteiger partial charge in [-0.15, -0.1) is 23.7 Å². The number of nitrogens with two attached hydrogens (primary N) is 1. The average molecular weight is 246 g/mol. The van der Waals surface area contributed by atoms with Crippen molar-refractivity contribution in [2.75, 3.05) is 13.1 Å². The number of aliphatic imine (C=N–C) groups is 1. The topological polar surface area (TPSA) is 50.4 Å². The molecule has 1 aliphatic heterocycles. The van der Waals surface area contributed by atoms with E-state index in [1.807, 2.05) is 0 Å². The molecule has 0 saturated heterocycles. The number of hydrogen-bond donors (Lipinski definition) is 2. The molecule has 5 heteroatoms. The van der Waals surface area contributed by atoms with E-state index >= 15 is 0 Å². The molecule has 3 N–H and O–H groups in total. The van der Waals surface area contributed by atoms with E-state index in [-0.39, 0.29) is 18.4 Å². The Balaban J connectivity index is 0.00000112. The summed E-state index contributed by atoms with van der Waals surface area (Å²) in [5, 5.41) is 5.36. The van der Waals surface area contributed by atoms with Crippen LogP contribution in [0, 0.1) is 13.8 Å². The molecule has 1 aromatic heterocycles. The summed E-state index contributed by atoms with van der Waals surface area (Å²) in [7, 11) is 0. The summed E-state index contributed by atoms with van der Waals surface area (Å²) >= 11 is 1.76. The molecule has 0 aromatic carbocycles. The van der Waals surface area contributed by atoms with Crippen LogP contribution in [0.4, 0.5) is 0 Å². The highest BCUT2D eigenvalue weighted by Crippen LogP contribution is 2.25. The van der Waals surface area contributed by atoms with Crippen LogP contribution in [0.2, 0.25) is 0 Å². The highest BCUT2D eigenvalue weighted by atomic mass is 35.5. The largest absolute Gasteiger partial charge is 0.370 e. The Kier molecular flexibility index (Phi) is 4.13. The van der Waals surface area contributed by atoms with Crippen LogP contribution < -0.4 is 11.1 Å². The lowest BCUT2D eigenvalue weighted by molar-refractivity contribution is 0.890. The molecule has 0 bridgehead atoms. The van der Waals surface area contributed by atoms with E-state index in [9.17, 15) is 0 Å². The van der Waals surface area contributed by atoms with Gasteiger partial charge in [0.25, 0.3) is 0 Å². The van der Waals surface area contributed by atoms with Crippen LogP contribution >= 0.6 is 23.7 Å². The third-order valence-electron chi connectivity index (χ3n) is 2.65. The second-order valence-corrected chi connectivity index (χ2v) is 4.63. The molecule has 0 aliphatic carbocycles. The number of halogens is 1. The van der Waals surface area contributed by atoms with E-state index < -0.39 is 0 Å². The van der Waals surface area contributed by atoms with Crippen molar-refractivity contribution in [3.8, 4) is 0 Å². The molecule has 1 aliphatic rings. The van der Waals surface area contributed by atoms with Gasteiger partial charge in [-0.25, -0.2) is 0 Å². The van der Waals surface area contributed by atoms with Gasteiger partial charge in [-0.1, -0.05) is 0 Å². The van der Waals surface area contributed by atoms with Crippen molar-refractivity contribution in [3.63, 3.8) is 0 Å². The zero-order valence-corrected chi connectivity index (χ0v) is 10.5. The van der Waals surface area contributed by atoms with E-state index in [0.29, 0.717) is 0 Å². The highest BCUT2D eigenvalue weighted by molar-refractivity contribution is 7.10. The van der Waals surface area contributed by atoms with Crippen molar-refractivity contribution in [1.82, 2.24) is 5.32 Å². The third kappa shape index (κ3) is 2.33. The summed E-state index contributed by atoms with van der Waals surface area (Å²) in [6.45, 7) is 6.02. The first kappa shape index (κ1) is 12.5. The normalized spacial score (nSPS) is 16.6. The van der Waals surface area contributed by atoms with Crippen LogP contribution in [0.3, 0.4) is 0 Å². The Bertz CT molecular complexity index is 373. The predicted molar refractivity (Wildman–Crippen MR) is 68.3 cm³/mol. The van der Waals surface area contributed by atoms with Gasteiger partial charge in [-0.3, -0.25) is 4.99 Å². The second kappa shape index (κ2) is 4.96. The van der Waals surface area contributed by atoms with E-state index in [2.05, 4.69) is 29.5 Å². The van der Waals surface area contributed by atoms with E-state index in [0.717, 1.165) is 18.9 Å². The molecule has 3 nitrogen and oxygen atoms in total. The fourth-order valence-electron chi connectivity index (χ4n) is 1.61. The maximum atomic E-state index is 6.13. The summed E-state index contributed by atoms with van der Waals surface area (Å²) in [6, 6.07) is -0.0672. The predicted octanol–water partition coefficient (Wildman–Crippen LogP) is 1.79. The molecule has 1 aromatic rings. The van der Waals surface area contributed by atoms with E-state index in [4.69, 9.17) is 5.73 Å². The molecule has 15 heavy (non-hydrogen) atoms. The summed E-state index contributed by atoms with van der Waals surface area (Å²) in [4.78, 5) is 5.69. The molecule has 0 spiro atoms. The quantitative estimate of drug-likeness (QED) is 0.835. The molecular formula is C10H16ClN3S. The number of thiophene rings is 1. The molecule has 84 valence electrons. The summed E-state index contributed by atoms with van der Waals surface area (Å²) in [5.41, 5.74) is 8.64. The molecule has 0 amide bonds. The monoisotopic (exact) mass is 245 g/mol. The van der Waals surface area contributed by atoms with Crippen LogP contribution in [0.25, 0.3) is 0 Å². The molecule has 1 unspecified atom stereocenters. The van der Waals surface area contributed by atoms with Gasteiger partial charge < -0.3 is 11.1 Å². The van der Waals surface area contributed by atoms with Crippen molar-refractivity contribution in [3.05, 3.63) is 21.4 Å². The zero-order chi connectivity index (χ0) is 10.1. The minimum Gasteiger partial charge on any atom is -0.370 e. The number of hydrogen-bond acceptors (Lipinski definition) is 4. The van der Waals surface area contributed by atoms with Gasteiger partial charge in [0.05, 0.1) is 12.6 Å². The van der Waals surface area contributed by atoms with Crippen LogP contribution in [0.5, 0.6) is 0 Å². The van der Waals surface area contributed by atoms with Gasteiger partial charge in [-0.05, 0) is 30.4 Å². The maximum Gasteiger partial charge on any atom is 0.118 e. The molecular weight excluding hydrogens is 230 g/mol. The Labute approximate surface area is 100 Å². The Morgan fingerprint density at radius 1 is 1.53 bits per heavy atom. The van der Waals surface area contributed by atoms with Gasteiger partial charge in [0.2, 0.25) is 0 Å². The van der Waals surface area contributed by atoms with Crippen molar-refractivity contribution in [2.24, 2.45) is 10.7 Å². The summed E-state index contributed by atoms with van der Waals surface area (Å²) < 4.78 is 0. The zero-order valence-electron chi connectivity index (χ0n) is 8.91. The summed E-state index contributed by atoms with van der Waals surface area (Å²) in [6.07, 6.45) is 0. The molecule has 0 saturated carbocycles. The number of nitrogens with one attached hydrogen (secondary N) is 1. The van der Waals surface area contributed by atoms with E-state index in [1.54, 1.807) is 11.3 Å². The standard InChI is InChI=1S/C10H15N3S.ClH/c1-6-7(2)14-5-8(6)9(11)10-12-3-4-13-10;/h5,9H,3-4,11H2,1-2H3,(H,12,13);1H. The van der Waals surface area contributed by atoms with Gasteiger partial charge >= 0.3 is 0 Å². The van der Waals surface area contributed by atoms with Gasteiger partial charge in [0.15, 0.2) is 0 Å². The Hall–Kier alpha value is -0.580. The van der Waals surface area contributed by atoms with Crippen molar-refractivity contribution >= 4 is 29.6 Å². The second-order valence-electron chi connectivity index (χ2n) is 3.54. The van der Waals surface area contributed by atoms with Crippen molar-refractivity contribution < 1.29 is 0 Å². The minimum absolute atomic E-state index is 0. The van der Waals surface area contributed by atoms with Crippen LogP contribution in [-0.4, -0.2) is 18.9 Å². The first-order valence-corrected chi connectivity index (χ1v) is 5.66. The fraction of sp³-hybridized carbons (Fsp3) is 0.500. The molecule has 0 fully saturated rings. The number of amidine groups is 1. The average Bonchev–Trinajstić information content (AvgIpc) is 2.77. The molecule has 0 radical (unpaired) electrons. The van der Waals surface area contributed by atoms with Gasteiger partial charge in [-0.2, -0.15) is 0 Å². The van der Waals surface area contributed by atoms with Crippen LogP contribution in [-0.2, 0) is 0 Å². The number of rotatable bonds is 2. The summed E-state index contributed by atoms with van der Waals surface area (Å²) in [5.74, 6) is 0.936. The highest BCUT2D eigenvalue weighted by Gasteiger charge is 2.19. The molecule has 2 heterocycles. The van der Waals surface area contributed by atoms with Crippen molar-refractivity contribution in [1.29, 1.82) is 0 Å². The minimum atomic E-state index is -0.0672. The van der Waals surface area contributed by atoms with E-state index in [1.165, 1.54) is 16.0 Å². The number of aryl methyl sites for hydroxylation is 1. The SMILES string of the molecule is Cc1scc(C(N)C2=NCCN2)c1C.Cl.